The molecule has 0 unspecified atom stereocenters. The molecule has 26 heavy (non-hydrogen) atoms. The van der Waals surface area contributed by atoms with Crippen LogP contribution in [0.25, 0.3) is 0 Å². The van der Waals surface area contributed by atoms with Gasteiger partial charge >= 0.3 is 0 Å². The molecule has 0 radical (unpaired) electrons. The summed E-state index contributed by atoms with van der Waals surface area (Å²) < 4.78 is 40.5. The zero-order valence-electron chi connectivity index (χ0n) is 14.9. The summed E-state index contributed by atoms with van der Waals surface area (Å²) in [6.07, 6.45) is 0. The van der Waals surface area contributed by atoms with Crippen molar-refractivity contribution in [1.82, 2.24) is 9.21 Å². The van der Waals surface area contributed by atoms with Crippen molar-refractivity contribution in [3.8, 4) is 0 Å². The molecule has 1 fully saturated rings. The molecule has 140 valence electrons. The Morgan fingerprint density at radius 1 is 1.00 bits per heavy atom. The fourth-order valence-electron chi connectivity index (χ4n) is 3.15. The smallest absolute Gasteiger partial charge is 0.243 e. The second kappa shape index (κ2) is 7.64. The molecule has 2 aromatic carbocycles. The van der Waals surface area contributed by atoms with E-state index in [1.807, 2.05) is 0 Å². The highest BCUT2D eigenvalue weighted by Gasteiger charge is 2.30. The molecule has 7 heteroatoms. The summed E-state index contributed by atoms with van der Waals surface area (Å²) in [7, 11) is -3.54. The minimum absolute atomic E-state index is 0.252. The number of hydrogen-bond acceptors (Lipinski definition) is 3. The van der Waals surface area contributed by atoms with E-state index in [4.69, 9.17) is 11.6 Å². The van der Waals surface area contributed by atoms with Gasteiger partial charge in [-0.1, -0.05) is 23.7 Å². The maximum atomic E-state index is 13.0. The van der Waals surface area contributed by atoms with Gasteiger partial charge in [-0.05, 0) is 54.8 Å². The first kappa shape index (κ1) is 19.3. The first-order valence-corrected chi connectivity index (χ1v) is 10.3. The molecule has 1 heterocycles. The van der Waals surface area contributed by atoms with Crippen LogP contribution in [-0.2, 0) is 16.6 Å². The fraction of sp³-hybridized carbons (Fsp3) is 0.368. The molecule has 1 saturated heterocycles. The second-order valence-electron chi connectivity index (χ2n) is 6.67. The number of piperazine rings is 1. The van der Waals surface area contributed by atoms with Gasteiger partial charge in [-0.2, -0.15) is 4.31 Å². The van der Waals surface area contributed by atoms with Gasteiger partial charge in [0.05, 0.1) is 4.90 Å². The SMILES string of the molecule is Cc1cc(S(=O)(=O)N2CCN(Cc3ccc(F)cc3)CC2)c(C)cc1Cl. The Morgan fingerprint density at radius 2 is 1.62 bits per heavy atom. The molecule has 1 aliphatic heterocycles. The first-order valence-electron chi connectivity index (χ1n) is 8.51. The van der Waals surface area contributed by atoms with Crippen LogP contribution < -0.4 is 0 Å². The largest absolute Gasteiger partial charge is 0.296 e. The molecular formula is C19H22ClFN2O2S. The third-order valence-corrected chi connectivity index (χ3v) is 7.17. The van der Waals surface area contributed by atoms with Crippen LogP contribution in [0.2, 0.25) is 5.02 Å². The summed E-state index contributed by atoms with van der Waals surface area (Å²) in [4.78, 5) is 2.51. The van der Waals surface area contributed by atoms with Crippen molar-refractivity contribution in [2.24, 2.45) is 0 Å². The fourth-order valence-corrected chi connectivity index (χ4v) is 5.08. The van der Waals surface area contributed by atoms with Gasteiger partial charge < -0.3 is 0 Å². The topological polar surface area (TPSA) is 40.6 Å². The number of sulfonamides is 1. The first-order chi connectivity index (χ1) is 12.3. The Hall–Kier alpha value is -1.47. The summed E-state index contributed by atoms with van der Waals surface area (Å²) in [6.45, 7) is 6.41. The quantitative estimate of drug-likeness (QED) is 0.792. The van der Waals surface area contributed by atoms with E-state index in [1.54, 1.807) is 38.1 Å². The van der Waals surface area contributed by atoms with E-state index in [2.05, 4.69) is 4.90 Å². The standard InChI is InChI=1S/C19H22ClFN2O2S/c1-14-12-19(15(2)11-18(14)20)26(24,25)23-9-7-22(8-10-23)13-16-3-5-17(21)6-4-16/h3-6,11-12H,7-10,13H2,1-2H3. The van der Waals surface area contributed by atoms with Crippen LogP contribution in [0, 0.1) is 19.7 Å². The third-order valence-electron chi connectivity index (χ3n) is 4.72. The van der Waals surface area contributed by atoms with Crippen molar-refractivity contribution in [2.75, 3.05) is 26.2 Å². The molecule has 1 aliphatic rings. The minimum atomic E-state index is -3.54. The lowest BCUT2D eigenvalue weighted by Gasteiger charge is -2.34. The highest BCUT2D eigenvalue weighted by Crippen LogP contribution is 2.27. The van der Waals surface area contributed by atoms with Gasteiger partial charge in [0, 0.05) is 37.7 Å². The predicted octanol–water partition coefficient (Wildman–Crippen LogP) is 3.60. The van der Waals surface area contributed by atoms with Crippen LogP contribution in [0.1, 0.15) is 16.7 Å². The molecule has 0 atom stereocenters. The van der Waals surface area contributed by atoms with E-state index in [1.165, 1.54) is 16.4 Å². The zero-order valence-corrected chi connectivity index (χ0v) is 16.4. The molecule has 0 saturated carbocycles. The Labute approximate surface area is 159 Å². The second-order valence-corrected chi connectivity index (χ2v) is 8.99. The highest BCUT2D eigenvalue weighted by atomic mass is 35.5. The van der Waals surface area contributed by atoms with Gasteiger partial charge in [-0.25, -0.2) is 12.8 Å². The highest BCUT2D eigenvalue weighted by molar-refractivity contribution is 7.89. The van der Waals surface area contributed by atoms with Crippen molar-refractivity contribution in [1.29, 1.82) is 0 Å². The maximum Gasteiger partial charge on any atom is 0.243 e. The average Bonchev–Trinajstić information content (AvgIpc) is 2.60. The van der Waals surface area contributed by atoms with Crippen LogP contribution >= 0.6 is 11.6 Å². The number of hydrogen-bond donors (Lipinski definition) is 0. The van der Waals surface area contributed by atoms with Crippen molar-refractivity contribution in [3.63, 3.8) is 0 Å². The minimum Gasteiger partial charge on any atom is -0.296 e. The van der Waals surface area contributed by atoms with Gasteiger partial charge in [0.1, 0.15) is 5.82 Å². The predicted molar refractivity (Wildman–Crippen MR) is 101 cm³/mol. The number of benzene rings is 2. The van der Waals surface area contributed by atoms with E-state index in [9.17, 15) is 12.8 Å². The lowest BCUT2D eigenvalue weighted by molar-refractivity contribution is 0.181. The van der Waals surface area contributed by atoms with Crippen molar-refractivity contribution in [3.05, 3.63) is 63.9 Å². The van der Waals surface area contributed by atoms with Crippen molar-refractivity contribution in [2.45, 2.75) is 25.3 Å². The van der Waals surface area contributed by atoms with Gasteiger partial charge in [0.25, 0.3) is 0 Å². The summed E-state index contributed by atoms with van der Waals surface area (Å²) in [5.41, 5.74) is 2.44. The van der Waals surface area contributed by atoms with Crippen molar-refractivity contribution < 1.29 is 12.8 Å². The molecule has 0 spiro atoms. The summed E-state index contributed by atoms with van der Waals surface area (Å²) >= 11 is 6.09. The molecule has 0 aromatic heterocycles. The molecule has 3 rings (SSSR count). The Bertz CT molecular complexity index is 893. The molecule has 4 nitrogen and oxygen atoms in total. The molecular weight excluding hydrogens is 375 g/mol. The average molecular weight is 397 g/mol. The van der Waals surface area contributed by atoms with E-state index < -0.39 is 10.0 Å². The molecule has 0 bridgehead atoms. The number of aryl methyl sites for hydroxylation is 2. The van der Waals surface area contributed by atoms with Crippen LogP contribution in [0.3, 0.4) is 0 Å². The van der Waals surface area contributed by atoms with Crippen LogP contribution in [0.4, 0.5) is 4.39 Å². The number of halogens is 2. The number of nitrogens with zero attached hydrogens (tertiary/aromatic N) is 2. The van der Waals surface area contributed by atoms with Crippen molar-refractivity contribution >= 4 is 21.6 Å². The Balaban J connectivity index is 1.69. The summed E-state index contributed by atoms with van der Waals surface area (Å²) in [5, 5.41) is 0.575. The van der Waals surface area contributed by atoms with E-state index in [0.29, 0.717) is 48.2 Å². The lowest BCUT2D eigenvalue weighted by atomic mass is 10.2. The van der Waals surface area contributed by atoms with E-state index in [-0.39, 0.29) is 5.82 Å². The van der Waals surface area contributed by atoms with E-state index >= 15 is 0 Å². The Morgan fingerprint density at radius 3 is 2.23 bits per heavy atom. The normalized spacial score (nSPS) is 16.8. The Kier molecular flexibility index (Phi) is 5.67. The van der Waals surface area contributed by atoms with Crippen LogP contribution in [-0.4, -0.2) is 43.8 Å². The molecule has 0 amide bonds. The zero-order chi connectivity index (χ0) is 18.9. The van der Waals surface area contributed by atoms with Gasteiger partial charge in [-0.15, -0.1) is 0 Å². The summed E-state index contributed by atoms with van der Waals surface area (Å²) in [6, 6.07) is 9.77. The molecule has 0 N–H and O–H groups in total. The van der Waals surface area contributed by atoms with Gasteiger partial charge in [0.15, 0.2) is 0 Å². The third kappa shape index (κ3) is 4.09. The lowest BCUT2D eigenvalue weighted by Crippen LogP contribution is -2.48. The van der Waals surface area contributed by atoms with Gasteiger partial charge in [0.2, 0.25) is 10.0 Å². The summed E-state index contributed by atoms with van der Waals surface area (Å²) in [5.74, 6) is -0.252. The van der Waals surface area contributed by atoms with E-state index in [0.717, 1.165) is 11.1 Å². The molecule has 0 aliphatic carbocycles. The van der Waals surface area contributed by atoms with Crippen LogP contribution in [0.15, 0.2) is 41.3 Å². The maximum absolute atomic E-state index is 13.0. The van der Waals surface area contributed by atoms with Gasteiger partial charge in [-0.3, -0.25) is 4.90 Å². The monoisotopic (exact) mass is 396 g/mol. The number of rotatable bonds is 4. The molecule has 2 aromatic rings. The van der Waals surface area contributed by atoms with Crippen LogP contribution in [0.5, 0.6) is 0 Å².